The van der Waals surface area contributed by atoms with Crippen LogP contribution in [-0.2, 0) is 6.42 Å². The Balaban J connectivity index is 2.09. The molecule has 0 heterocycles. The van der Waals surface area contributed by atoms with Crippen molar-refractivity contribution in [3.63, 3.8) is 0 Å². The second-order valence-corrected chi connectivity index (χ2v) is 5.20. The molecule has 110 valence electrons. The fraction of sp³-hybridized carbons (Fsp3) is 0.143. The van der Waals surface area contributed by atoms with Crippen LogP contribution in [-0.4, -0.2) is 11.5 Å². The maximum absolute atomic E-state index is 13.5. The molecule has 0 spiro atoms. The van der Waals surface area contributed by atoms with Gasteiger partial charge in [-0.3, -0.25) is 10.1 Å². The van der Waals surface area contributed by atoms with Gasteiger partial charge in [-0.15, -0.1) is 0 Å². The Hall–Kier alpha value is -2.02. The lowest BCUT2D eigenvalue weighted by Gasteiger charge is -2.08. The summed E-state index contributed by atoms with van der Waals surface area (Å²) in [7, 11) is 0. The molecule has 2 aromatic carbocycles. The zero-order valence-corrected chi connectivity index (χ0v) is 12.4. The molecule has 7 heteroatoms. The first-order valence-electron chi connectivity index (χ1n) is 6.09. The Morgan fingerprint density at radius 2 is 2.00 bits per heavy atom. The third kappa shape index (κ3) is 3.98. The van der Waals surface area contributed by atoms with E-state index in [0.29, 0.717) is 13.0 Å². The highest BCUT2D eigenvalue weighted by molar-refractivity contribution is 9.10. The lowest BCUT2D eigenvalue weighted by atomic mass is 10.1. The molecule has 2 rings (SSSR count). The summed E-state index contributed by atoms with van der Waals surface area (Å²) >= 11 is 2.91. The van der Waals surface area contributed by atoms with Crippen molar-refractivity contribution in [2.45, 2.75) is 6.42 Å². The van der Waals surface area contributed by atoms with Crippen LogP contribution < -0.4 is 5.32 Å². The molecular formula is C14H11BrF2N2O2. The van der Waals surface area contributed by atoms with Crippen molar-refractivity contribution in [3.8, 4) is 0 Å². The monoisotopic (exact) mass is 356 g/mol. The first-order valence-corrected chi connectivity index (χ1v) is 6.88. The highest BCUT2D eigenvalue weighted by Gasteiger charge is 2.17. The number of hydrogen-bond donors (Lipinski definition) is 1. The van der Waals surface area contributed by atoms with Crippen molar-refractivity contribution in [1.82, 2.24) is 0 Å². The zero-order chi connectivity index (χ0) is 15.4. The molecule has 0 saturated carbocycles. The van der Waals surface area contributed by atoms with E-state index in [0.717, 1.165) is 17.7 Å². The molecule has 21 heavy (non-hydrogen) atoms. The Labute approximate surface area is 128 Å². The first kappa shape index (κ1) is 15.4. The minimum Gasteiger partial charge on any atom is -0.379 e. The number of nitro benzene ring substituents is 1. The van der Waals surface area contributed by atoms with Gasteiger partial charge in [0, 0.05) is 18.7 Å². The number of nitrogens with zero attached hydrogens (tertiary/aromatic N) is 1. The number of hydrogen-bond acceptors (Lipinski definition) is 3. The number of anilines is 1. The molecule has 0 radical (unpaired) electrons. The quantitative estimate of drug-likeness (QED) is 0.642. The average Bonchev–Trinajstić information content (AvgIpc) is 2.42. The van der Waals surface area contributed by atoms with Crippen molar-refractivity contribution >= 4 is 27.3 Å². The van der Waals surface area contributed by atoms with Gasteiger partial charge in [0.05, 0.1) is 9.40 Å². The lowest BCUT2D eigenvalue weighted by molar-refractivity contribution is -0.384. The molecule has 0 aliphatic rings. The molecule has 0 fully saturated rings. The second kappa shape index (κ2) is 6.62. The summed E-state index contributed by atoms with van der Waals surface area (Å²) in [6.45, 7) is 0.325. The fourth-order valence-corrected chi connectivity index (χ4v) is 2.19. The molecule has 4 nitrogen and oxygen atoms in total. The fourth-order valence-electron chi connectivity index (χ4n) is 1.86. The van der Waals surface area contributed by atoms with Crippen molar-refractivity contribution in [2.24, 2.45) is 0 Å². The van der Waals surface area contributed by atoms with Gasteiger partial charge in [-0.05, 0) is 40.0 Å². The van der Waals surface area contributed by atoms with E-state index in [2.05, 4.69) is 21.2 Å². The van der Waals surface area contributed by atoms with Gasteiger partial charge in [0.1, 0.15) is 17.3 Å². The standard InChI is InChI=1S/C14H11BrF2N2O2/c15-11-7-14(19(20)21)13(8-12(11)17)18-5-4-9-2-1-3-10(16)6-9/h1-3,6-8,18H,4-5H2. The number of halogens is 3. The summed E-state index contributed by atoms with van der Waals surface area (Å²) in [4.78, 5) is 10.3. The van der Waals surface area contributed by atoms with E-state index in [1.165, 1.54) is 12.1 Å². The Kier molecular flexibility index (Phi) is 4.85. The normalized spacial score (nSPS) is 10.4. The Morgan fingerprint density at radius 1 is 1.24 bits per heavy atom. The summed E-state index contributed by atoms with van der Waals surface area (Å²) in [5.41, 5.74) is 0.627. The summed E-state index contributed by atoms with van der Waals surface area (Å²) in [6, 6.07) is 8.24. The maximum Gasteiger partial charge on any atom is 0.293 e. The van der Waals surface area contributed by atoms with E-state index in [1.807, 2.05) is 0 Å². The van der Waals surface area contributed by atoms with E-state index >= 15 is 0 Å². The highest BCUT2D eigenvalue weighted by Crippen LogP contribution is 2.30. The molecule has 0 aromatic heterocycles. The van der Waals surface area contributed by atoms with E-state index < -0.39 is 10.7 Å². The number of rotatable bonds is 5. The first-order chi connectivity index (χ1) is 9.97. The van der Waals surface area contributed by atoms with Gasteiger partial charge in [-0.2, -0.15) is 0 Å². The summed E-state index contributed by atoms with van der Waals surface area (Å²) < 4.78 is 26.5. The molecule has 1 N–H and O–H groups in total. The zero-order valence-electron chi connectivity index (χ0n) is 10.8. The van der Waals surface area contributed by atoms with Gasteiger partial charge >= 0.3 is 0 Å². The molecule has 0 aliphatic heterocycles. The van der Waals surface area contributed by atoms with Crippen LogP contribution in [0.4, 0.5) is 20.2 Å². The van der Waals surface area contributed by atoms with Crippen LogP contribution in [0.1, 0.15) is 5.56 Å². The number of benzene rings is 2. The van der Waals surface area contributed by atoms with Crippen LogP contribution in [0.25, 0.3) is 0 Å². The van der Waals surface area contributed by atoms with E-state index in [-0.39, 0.29) is 21.7 Å². The van der Waals surface area contributed by atoms with Gasteiger partial charge in [0.25, 0.3) is 5.69 Å². The van der Waals surface area contributed by atoms with Crippen LogP contribution in [0, 0.1) is 21.7 Å². The molecule has 0 amide bonds. The Bertz CT molecular complexity index is 680. The summed E-state index contributed by atoms with van der Waals surface area (Å²) in [5.74, 6) is -0.929. The summed E-state index contributed by atoms with van der Waals surface area (Å²) in [6.07, 6.45) is 0.465. The summed E-state index contributed by atoms with van der Waals surface area (Å²) in [5, 5.41) is 13.7. The average molecular weight is 357 g/mol. The van der Waals surface area contributed by atoms with Crippen LogP contribution >= 0.6 is 15.9 Å². The molecule has 0 atom stereocenters. The van der Waals surface area contributed by atoms with Crippen molar-refractivity contribution in [3.05, 3.63) is 68.2 Å². The highest BCUT2D eigenvalue weighted by atomic mass is 79.9. The lowest BCUT2D eigenvalue weighted by Crippen LogP contribution is -2.07. The number of nitrogens with one attached hydrogen (secondary N) is 1. The van der Waals surface area contributed by atoms with E-state index in [9.17, 15) is 18.9 Å². The van der Waals surface area contributed by atoms with Crippen LogP contribution in [0.5, 0.6) is 0 Å². The third-order valence-corrected chi connectivity index (χ3v) is 3.46. The minimum absolute atomic E-state index is 0.0323. The molecule has 0 saturated heterocycles. The number of nitro groups is 1. The minimum atomic E-state index is -0.589. The van der Waals surface area contributed by atoms with Crippen molar-refractivity contribution in [2.75, 3.05) is 11.9 Å². The predicted octanol–water partition coefficient (Wildman–Crippen LogP) is 4.29. The maximum atomic E-state index is 13.5. The third-order valence-electron chi connectivity index (χ3n) is 2.85. The van der Waals surface area contributed by atoms with Crippen molar-refractivity contribution in [1.29, 1.82) is 0 Å². The van der Waals surface area contributed by atoms with Gasteiger partial charge in [-0.1, -0.05) is 12.1 Å². The predicted molar refractivity (Wildman–Crippen MR) is 79.3 cm³/mol. The second-order valence-electron chi connectivity index (χ2n) is 4.35. The largest absolute Gasteiger partial charge is 0.379 e. The molecule has 0 aliphatic carbocycles. The van der Waals surface area contributed by atoms with Crippen molar-refractivity contribution < 1.29 is 13.7 Å². The van der Waals surface area contributed by atoms with Gasteiger partial charge in [-0.25, -0.2) is 8.78 Å². The van der Waals surface area contributed by atoms with Crippen LogP contribution in [0.15, 0.2) is 40.9 Å². The topological polar surface area (TPSA) is 55.2 Å². The van der Waals surface area contributed by atoms with E-state index in [1.54, 1.807) is 12.1 Å². The molecule has 0 bridgehead atoms. The van der Waals surface area contributed by atoms with Crippen LogP contribution in [0.3, 0.4) is 0 Å². The van der Waals surface area contributed by atoms with Crippen LogP contribution in [0.2, 0.25) is 0 Å². The molecule has 2 aromatic rings. The molecule has 0 unspecified atom stereocenters. The Morgan fingerprint density at radius 3 is 2.67 bits per heavy atom. The van der Waals surface area contributed by atoms with Gasteiger partial charge in [0.15, 0.2) is 0 Å². The SMILES string of the molecule is O=[N+]([O-])c1cc(Br)c(F)cc1NCCc1cccc(F)c1. The molecular weight excluding hydrogens is 346 g/mol. The smallest absolute Gasteiger partial charge is 0.293 e. The van der Waals surface area contributed by atoms with Gasteiger partial charge < -0.3 is 5.32 Å². The van der Waals surface area contributed by atoms with E-state index in [4.69, 9.17) is 0 Å². The van der Waals surface area contributed by atoms with Gasteiger partial charge in [0.2, 0.25) is 0 Å².